The van der Waals surface area contributed by atoms with Gasteiger partial charge < -0.3 is 10.6 Å². The van der Waals surface area contributed by atoms with Crippen LogP contribution in [-0.2, 0) is 6.54 Å². The van der Waals surface area contributed by atoms with Crippen LogP contribution in [0.2, 0.25) is 0 Å². The van der Waals surface area contributed by atoms with Crippen LogP contribution in [0, 0.1) is 6.92 Å². The van der Waals surface area contributed by atoms with E-state index >= 15 is 0 Å². The van der Waals surface area contributed by atoms with Crippen molar-refractivity contribution in [2.24, 2.45) is 0 Å². The maximum absolute atomic E-state index is 3.51. The Morgan fingerprint density at radius 3 is 2.50 bits per heavy atom. The molecule has 1 atom stereocenters. The summed E-state index contributed by atoms with van der Waals surface area (Å²) in [5, 5.41) is 6.93. The van der Waals surface area contributed by atoms with Crippen LogP contribution in [0.3, 0.4) is 0 Å². The Labute approximate surface area is 99.5 Å². The molecule has 0 saturated heterocycles. The molecule has 0 aliphatic heterocycles. The summed E-state index contributed by atoms with van der Waals surface area (Å²) in [6, 6.07) is 9.23. The molecular formula is C14H24N2. The lowest BCUT2D eigenvalue weighted by Gasteiger charge is -2.14. The van der Waals surface area contributed by atoms with E-state index in [0.717, 1.165) is 19.6 Å². The first-order valence-corrected chi connectivity index (χ1v) is 6.22. The molecule has 90 valence electrons. The first-order chi connectivity index (χ1) is 7.72. The third kappa shape index (κ3) is 5.29. The molecule has 2 nitrogen and oxygen atoms in total. The van der Waals surface area contributed by atoms with Crippen molar-refractivity contribution in [2.75, 3.05) is 13.1 Å². The molecule has 0 aromatic heterocycles. The Morgan fingerprint density at radius 1 is 1.19 bits per heavy atom. The summed E-state index contributed by atoms with van der Waals surface area (Å²) < 4.78 is 0. The van der Waals surface area contributed by atoms with Crippen molar-refractivity contribution >= 4 is 0 Å². The highest BCUT2D eigenvalue weighted by Crippen LogP contribution is 2.02. The molecule has 0 radical (unpaired) electrons. The maximum Gasteiger partial charge on any atom is 0.0208 e. The average Bonchev–Trinajstić information content (AvgIpc) is 2.29. The van der Waals surface area contributed by atoms with Crippen LogP contribution in [0.1, 0.15) is 31.4 Å². The van der Waals surface area contributed by atoms with Crippen LogP contribution in [0.15, 0.2) is 24.3 Å². The number of rotatable bonds is 7. The molecule has 1 unspecified atom stereocenters. The number of nitrogens with one attached hydrogen (secondary N) is 2. The van der Waals surface area contributed by atoms with Crippen LogP contribution in [-0.4, -0.2) is 19.1 Å². The van der Waals surface area contributed by atoms with Gasteiger partial charge in [0.25, 0.3) is 0 Å². The SMILES string of the molecule is CCCNCC(C)NCc1ccc(C)cc1. The number of benzene rings is 1. The molecule has 0 spiro atoms. The zero-order valence-corrected chi connectivity index (χ0v) is 10.7. The van der Waals surface area contributed by atoms with Crippen LogP contribution >= 0.6 is 0 Å². The summed E-state index contributed by atoms with van der Waals surface area (Å²) in [6.07, 6.45) is 1.20. The minimum atomic E-state index is 0.521. The van der Waals surface area contributed by atoms with Crippen molar-refractivity contribution in [3.63, 3.8) is 0 Å². The molecule has 0 bridgehead atoms. The lowest BCUT2D eigenvalue weighted by atomic mass is 10.1. The van der Waals surface area contributed by atoms with E-state index < -0.39 is 0 Å². The highest BCUT2D eigenvalue weighted by atomic mass is 15.0. The maximum atomic E-state index is 3.51. The Bertz CT molecular complexity index is 279. The molecule has 1 rings (SSSR count). The van der Waals surface area contributed by atoms with Gasteiger partial charge in [0.15, 0.2) is 0 Å². The molecule has 0 aliphatic rings. The van der Waals surface area contributed by atoms with Crippen LogP contribution < -0.4 is 10.6 Å². The Kier molecular flexibility index (Phi) is 6.12. The van der Waals surface area contributed by atoms with Crippen molar-refractivity contribution in [1.82, 2.24) is 10.6 Å². The van der Waals surface area contributed by atoms with Crippen molar-refractivity contribution < 1.29 is 0 Å². The first-order valence-electron chi connectivity index (χ1n) is 6.22. The van der Waals surface area contributed by atoms with Gasteiger partial charge in [0.2, 0.25) is 0 Å². The number of hydrogen-bond acceptors (Lipinski definition) is 2. The Balaban J connectivity index is 2.20. The van der Waals surface area contributed by atoms with Crippen LogP contribution in [0.4, 0.5) is 0 Å². The second-order valence-electron chi connectivity index (χ2n) is 4.47. The number of hydrogen-bond donors (Lipinski definition) is 2. The van der Waals surface area contributed by atoms with Crippen molar-refractivity contribution in [3.05, 3.63) is 35.4 Å². The summed E-state index contributed by atoms with van der Waals surface area (Å²) in [6.45, 7) is 9.63. The van der Waals surface area contributed by atoms with Crippen LogP contribution in [0.5, 0.6) is 0 Å². The normalized spacial score (nSPS) is 12.7. The fourth-order valence-corrected chi connectivity index (χ4v) is 1.57. The molecule has 0 saturated carbocycles. The van der Waals surface area contributed by atoms with Gasteiger partial charge in [-0.25, -0.2) is 0 Å². The Morgan fingerprint density at radius 2 is 1.88 bits per heavy atom. The molecule has 2 heteroatoms. The first kappa shape index (κ1) is 13.2. The predicted molar refractivity (Wildman–Crippen MR) is 70.6 cm³/mol. The number of aryl methyl sites for hydroxylation is 1. The Hall–Kier alpha value is -0.860. The van der Waals surface area contributed by atoms with E-state index in [1.807, 2.05) is 0 Å². The molecule has 1 aromatic carbocycles. The van der Waals surface area contributed by atoms with Gasteiger partial charge in [0, 0.05) is 19.1 Å². The van der Waals surface area contributed by atoms with E-state index in [1.54, 1.807) is 0 Å². The average molecular weight is 220 g/mol. The van der Waals surface area contributed by atoms with Gasteiger partial charge in [-0.3, -0.25) is 0 Å². The van der Waals surface area contributed by atoms with Crippen molar-refractivity contribution in [3.8, 4) is 0 Å². The minimum absolute atomic E-state index is 0.521. The minimum Gasteiger partial charge on any atom is -0.315 e. The molecule has 0 aliphatic carbocycles. The fourth-order valence-electron chi connectivity index (χ4n) is 1.57. The highest BCUT2D eigenvalue weighted by Gasteiger charge is 2.00. The monoisotopic (exact) mass is 220 g/mol. The molecule has 2 N–H and O–H groups in total. The largest absolute Gasteiger partial charge is 0.315 e. The van der Waals surface area contributed by atoms with E-state index in [4.69, 9.17) is 0 Å². The van der Waals surface area contributed by atoms with Gasteiger partial charge in [-0.1, -0.05) is 36.8 Å². The summed E-state index contributed by atoms with van der Waals surface area (Å²) in [5.41, 5.74) is 2.68. The second kappa shape index (κ2) is 7.42. The summed E-state index contributed by atoms with van der Waals surface area (Å²) in [5.74, 6) is 0. The lowest BCUT2D eigenvalue weighted by molar-refractivity contribution is 0.501. The molecule has 0 fully saturated rings. The quantitative estimate of drug-likeness (QED) is 0.690. The van der Waals surface area contributed by atoms with E-state index in [-0.39, 0.29) is 0 Å². The zero-order valence-electron chi connectivity index (χ0n) is 10.7. The fraction of sp³-hybridized carbons (Fsp3) is 0.571. The summed E-state index contributed by atoms with van der Waals surface area (Å²) >= 11 is 0. The van der Waals surface area contributed by atoms with E-state index in [0.29, 0.717) is 6.04 Å². The van der Waals surface area contributed by atoms with E-state index in [9.17, 15) is 0 Å². The van der Waals surface area contributed by atoms with Gasteiger partial charge in [0.05, 0.1) is 0 Å². The zero-order chi connectivity index (χ0) is 11.8. The van der Waals surface area contributed by atoms with E-state index in [1.165, 1.54) is 17.5 Å². The standard InChI is InChI=1S/C14H24N2/c1-4-9-15-10-13(3)16-11-14-7-5-12(2)6-8-14/h5-8,13,15-16H,4,9-11H2,1-3H3. The van der Waals surface area contributed by atoms with Gasteiger partial charge >= 0.3 is 0 Å². The summed E-state index contributed by atoms with van der Waals surface area (Å²) in [4.78, 5) is 0. The van der Waals surface area contributed by atoms with Gasteiger partial charge in [-0.15, -0.1) is 0 Å². The lowest BCUT2D eigenvalue weighted by Crippen LogP contribution is -2.36. The van der Waals surface area contributed by atoms with E-state index in [2.05, 4.69) is 55.7 Å². The molecule has 0 heterocycles. The summed E-state index contributed by atoms with van der Waals surface area (Å²) in [7, 11) is 0. The smallest absolute Gasteiger partial charge is 0.0208 e. The second-order valence-corrected chi connectivity index (χ2v) is 4.47. The topological polar surface area (TPSA) is 24.1 Å². The third-order valence-corrected chi connectivity index (χ3v) is 2.65. The molecule has 16 heavy (non-hydrogen) atoms. The third-order valence-electron chi connectivity index (χ3n) is 2.65. The van der Waals surface area contributed by atoms with Gasteiger partial charge in [0.1, 0.15) is 0 Å². The van der Waals surface area contributed by atoms with Crippen molar-refractivity contribution in [1.29, 1.82) is 0 Å². The molecule has 0 amide bonds. The van der Waals surface area contributed by atoms with Crippen LogP contribution in [0.25, 0.3) is 0 Å². The highest BCUT2D eigenvalue weighted by molar-refractivity contribution is 5.21. The van der Waals surface area contributed by atoms with Crippen molar-refractivity contribution in [2.45, 2.75) is 39.8 Å². The van der Waals surface area contributed by atoms with Gasteiger partial charge in [-0.05, 0) is 32.4 Å². The predicted octanol–water partition coefficient (Wildman–Crippen LogP) is 2.47. The molecule has 1 aromatic rings. The van der Waals surface area contributed by atoms with Gasteiger partial charge in [-0.2, -0.15) is 0 Å². The molecular weight excluding hydrogens is 196 g/mol.